The number of likely N-dealkylation sites (tertiary alicyclic amines) is 1. The molecule has 1 aliphatic heterocycles. The summed E-state index contributed by atoms with van der Waals surface area (Å²) in [5, 5.41) is 10.1. The van der Waals surface area contributed by atoms with Crippen LogP contribution in [0.3, 0.4) is 0 Å². The van der Waals surface area contributed by atoms with Gasteiger partial charge in [0.05, 0.1) is 0 Å². The van der Waals surface area contributed by atoms with E-state index in [4.69, 9.17) is 18.9 Å². The monoisotopic (exact) mass is 652 g/mol. The predicted molar refractivity (Wildman–Crippen MR) is 171 cm³/mol. The molecular weight excluding hydrogens is 608 g/mol. The molecule has 1 saturated heterocycles. The molecule has 0 aromatic heterocycles. The van der Waals surface area contributed by atoms with E-state index in [1.54, 1.807) is 84.0 Å². The second-order valence-corrected chi connectivity index (χ2v) is 13.1. The summed E-state index contributed by atoms with van der Waals surface area (Å²) in [4.78, 5) is 66.9. The number of carboxylic acids is 1. The molecule has 254 valence electrons. The summed E-state index contributed by atoms with van der Waals surface area (Å²) < 4.78 is 21.8. The number of ether oxygens (including phenoxy) is 4. The Morgan fingerprint density at radius 2 is 1.32 bits per heavy atom. The fourth-order valence-electron chi connectivity index (χ4n) is 4.89. The van der Waals surface area contributed by atoms with Crippen molar-refractivity contribution >= 4 is 30.2 Å². The number of imide groups is 1. The molecule has 3 rings (SSSR count). The third-order valence-corrected chi connectivity index (χ3v) is 6.86. The van der Waals surface area contributed by atoms with Gasteiger partial charge in [0.25, 0.3) is 0 Å². The number of benzene rings is 2. The van der Waals surface area contributed by atoms with E-state index in [9.17, 15) is 29.1 Å². The highest BCUT2D eigenvalue weighted by Gasteiger charge is 2.43. The van der Waals surface area contributed by atoms with Crippen molar-refractivity contribution in [3.05, 3.63) is 83.6 Å². The maximum Gasteiger partial charge on any atom is 0.424 e. The summed E-state index contributed by atoms with van der Waals surface area (Å²) in [6.07, 6.45) is -1.03. The molecule has 0 radical (unpaired) electrons. The Morgan fingerprint density at radius 1 is 0.787 bits per heavy atom. The van der Waals surface area contributed by atoms with Crippen molar-refractivity contribution in [1.29, 1.82) is 0 Å². The molecule has 47 heavy (non-hydrogen) atoms. The van der Waals surface area contributed by atoms with Crippen LogP contribution in [0.1, 0.15) is 78.4 Å². The lowest BCUT2D eigenvalue weighted by molar-refractivity contribution is -0.160. The summed E-state index contributed by atoms with van der Waals surface area (Å²) in [5.74, 6) is -2.14. The van der Waals surface area contributed by atoms with Gasteiger partial charge in [-0.1, -0.05) is 66.7 Å². The lowest BCUT2D eigenvalue weighted by Crippen LogP contribution is -2.47. The van der Waals surface area contributed by atoms with Gasteiger partial charge < -0.3 is 24.1 Å². The number of carbonyl (C=O) groups excluding carboxylic acids is 4. The van der Waals surface area contributed by atoms with E-state index < -0.39 is 59.2 Å². The smallest absolute Gasteiger partial charge is 0.424 e. The van der Waals surface area contributed by atoms with Gasteiger partial charge in [-0.15, -0.1) is 0 Å². The van der Waals surface area contributed by atoms with Gasteiger partial charge in [0.2, 0.25) is 0 Å². The Balaban J connectivity index is 1.83. The van der Waals surface area contributed by atoms with Crippen LogP contribution in [0.25, 0.3) is 0 Å². The first kappa shape index (κ1) is 36.6. The number of allylic oxidation sites excluding steroid dienone is 1. The molecule has 1 fully saturated rings. The van der Waals surface area contributed by atoms with Gasteiger partial charge in [0.1, 0.15) is 36.2 Å². The van der Waals surface area contributed by atoms with Crippen LogP contribution in [0.2, 0.25) is 0 Å². The number of carbonyl (C=O) groups is 5. The number of aliphatic carboxylic acids is 1. The van der Waals surface area contributed by atoms with Crippen LogP contribution < -0.4 is 0 Å². The number of amides is 3. The highest BCUT2D eigenvalue weighted by molar-refractivity contribution is 6.00. The van der Waals surface area contributed by atoms with Crippen LogP contribution in [-0.4, -0.2) is 68.4 Å². The summed E-state index contributed by atoms with van der Waals surface area (Å²) in [5.41, 5.74) is -1.10. The first-order chi connectivity index (χ1) is 22.1. The third kappa shape index (κ3) is 11.5. The van der Waals surface area contributed by atoms with Crippen LogP contribution in [0.4, 0.5) is 14.4 Å². The molecule has 2 aromatic rings. The van der Waals surface area contributed by atoms with Gasteiger partial charge in [-0.3, -0.25) is 4.90 Å². The highest BCUT2D eigenvalue weighted by Crippen LogP contribution is 2.31. The molecule has 3 amide bonds. The van der Waals surface area contributed by atoms with Gasteiger partial charge in [-0.25, -0.2) is 24.0 Å². The molecule has 0 saturated carbocycles. The minimum atomic E-state index is -1.57. The highest BCUT2D eigenvalue weighted by atomic mass is 16.6. The van der Waals surface area contributed by atoms with Crippen molar-refractivity contribution < 1.29 is 48.0 Å². The maximum absolute atomic E-state index is 13.4. The zero-order valence-corrected chi connectivity index (χ0v) is 27.8. The molecule has 0 spiro atoms. The quantitative estimate of drug-likeness (QED) is 0.165. The summed E-state index contributed by atoms with van der Waals surface area (Å²) >= 11 is 0. The Labute approximate surface area is 275 Å². The minimum Gasteiger partial charge on any atom is -0.477 e. The zero-order valence-electron chi connectivity index (χ0n) is 27.8. The number of esters is 1. The first-order valence-electron chi connectivity index (χ1n) is 15.4. The van der Waals surface area contributed by atoms with E-state index in [0.717, 1.165) is 5.56 Å². The van der Waals surface area contributed by atoms with Gasteiger partial charge in [-0.05, 0) is 78.4 Å². The van der Waals surface area contributed by atoms with E-state index in [-0.39, 0.29) is 26.1 Å². The zero-order chi connectivity index (χ0) is 34.8. The molecular formula is C35H44N2O10. The van der Waals surface area contributed by atoms with Crippen molar-refractivity contribution in [1.82, 2.24) is 9.80 Å². The number of nitrogens with zero attached hydrogens (tertiary/aromatic N) is 2. The molecule has 12 heteroatoms. The molecule has 0 aliphatic carbocycles. The Morgan fingerprint density at radius 3 is 1.83 bits per heavy atom. The maximum atomic E-state index is 13.4. The van der Waals surface area contributed by atoms with Gasteiger partial charge in [0, 0.05) is 6.04 Å². The van der Waals surface area contributed by atoms with Crippen molar-refractivity contribution in [3.8, 4) is 0 Å². The van der Waals surface area contributed by atoms with E-state index in [1.807, 2.05) is 18.2 Å². The molecule has 0 unspecified atom stereocenters. The molecule has 2 aromatic carbocycles. The Kier molecular flexibility index (Phi) is 12.5. The Bertz CT molecular complexity index is 1430. The van der Waals surface area contributed by atoms with Crippen LogP contribution in [0.5, 0.6) is 0 Å². The minimum absolute atomic E-state index is 0.0110. The number of rotatable bonds is 10. The van der Waals surface area contributed by atoms with Crippen molar-refractivity contribution in [2.45, 2.75) is 104 Å². The van der Waals surface area contributed by atoms with Gasteiger partial charge >= 0.3 is 30.2 Å². The average Bonchev–Trinajstić information content (AvgIpc) is 3.41. The number of hydrogen-bond acceptors (Lipinski definition) is 9. The van der Waals surface area contributed by atoms with Crippen LogP contribution >= 0.6 is 0 Å². The predicted octanol–water partition coefficient (Wildman–Crippen LogP) is 6.82. The normalized spacial score (nSPS) is 16.6. The molecule has 0 bridgehead atoms. The van der Waals surface area contributed by atoms with Crippen molar-refractivity contribution in [3.63, 3.8) is 0 Å². The average molecular weight is 653 g/mol. The van der Waals surface area contributed by atoms with Gasteiger partial charge in [-0.2, -0.15) is 4.90 Å². The molecule has 2 atom stereocenters. The van der Waals surface area contributed by atoms with Crippen molar-refractivity contribution in [2.24, 2.45) is 0 Å². The molecule has 1 heterocycles. The molecule has 12 nitrogen and oxygen atoms in total. The van der Waals surface area contributed by atoms with E-state index in [2.05, 4.69) is 0 Å². The fraction of sp³-hybridized carbons (Fsp3) is 0.457. The third-order valence-electron chi connectivity index (χ3n) is 6.86. The largest absolute Gasteiger partial charge is 0.477 e. The lowest BCUT2D eigenvalue weighted by Gasteiger charge is -2.30. The van der Waals surface area contributed by atoms with Gasteiger partial charge in [0.15, 0.2) is 0 Å². The lowest BCUT2D eigenvalue weighted by atomic mass is 10.1. The van der Waals surface area contributed by atoms with Crippen molar-refractivity contribution in [2.75, 3.05) is 0 Å². The summed E-state index contributed by atoms with van der Waals surface area (Å²) in [7, 11) is 0. The van der Waals surface area contributed by atoms with E-state index in [1.165, 1.54) is 11.0 Å². The number of hydrogen-bond donors (Lipinski definition) is 1. The Hall–Kier alpha value is -4.87. The summed E-state index contributed by atoms with van der Waals surface area (Å²) in [6, 6.07) is 16.3. The topological polar surface area (TPSA) is 149 Å². The van der Waals surface area contributed by atoms with E-state index >= 15 is 0 Å². The second kappa shape index (κ2) is 16.1. The van der Waals surface area contributed by atoms with Crippen LogP contribution in [0, 0.1) is 0 Å². The molecule has 1 N–H and O–H groups in total. The SMILES string of the molecule is CC(C)(C)OC(=O)[C@@H]1CC[C@@H](CC/C=C(\C(=O)O)N(C(=O)OCc2ccccc2)C(=O)OC(C)(C)C)N1C(=O)OCc1ccccc1. The second-order valence-electron chi connectivity index (χ2n) is 13.1. The summed E-state index contributed by atoms with van der Waals surface area (Å²) in [6.45, 7) is 9.71. The van der Waals surface area contributed by atoms with E-state index in [0.29, 0.717) is 23.3 Å². The first-order valence-corrected chi connectivity index (χ1v) is 15.4. The number of carboxylic acid groups (broad SMARTS) is 1. The standard InChI is InChI=1S/C35H44N2O10/c1-34(2,3)46-30(40)28-21-20-26(36(28)31(41)44-22-24-14-9-7-10-15-24)18-13-19-27(29(38)39)37(33(43)47-35(4,5)6)32(42)45-23-25-16-11-8-12-17-25/h7-12,14-17,19,26,28H,13,18,20-23H2,1-6H3,(H,38,39)/b27-19+/t26-,28+/m1/s1. The van der Waals surface area contributed by atoms with Crippen LogP contribution in [0.15, 0.2) is 72.4 Å². The fourth-order valence-corrected chi connectivity index (χ4v) is 4.89. The molecule has 1 aliphatic rings. The van der Waals surface area contributed by atoms with Crippen LogP contribution in [-0.2, 0) is 41.8 Å².